The van der Waals surface area contributed by atoms with Gasteiger partial charge < -0.3 is 15.4 Å². The van der Waals surface area contributed by atoms with Crippen LogP contribution in [-0.4, -0.2) is 23.0 Å². The van der Waals surface area contributed by atoms with E-state index in [1.54, 1.807) is 43.9 Å². The Morgan fingerprint density at radius 1 is 1.12 bits per heavy atom. The molecule has 6 nitrogen and oxygen atoms in total. The van der Waals surface area contributed by atoms with Crippen molar-refractivity contribution in [2.24, 2.45) is 0 Å². The molecule has 0 aliphatic rings. The quantitative estimate of drug-likeness (QED) is 0.723. The zero-order chi connectivity index (χ0) is 17.5. The monoisotopic (exact) mass is 334 g/mol. The second-order valence-electron chi connectivity index (χ2n) is 5.30. The van der Waals surface area contributed by atoms with Crippen LogP contribution >= 0.6 is 0 Å². The summed E-state index contributed by atoms with van der Waals surface area (Å²) < 4.78 is 5.24. The molecule has 0 atom stereocenters. The van der Waals surface area contributed by atoms with E-state index < -0.39 is 0 Å². The van der Waals surface area contributed by atoms with Gasteiger partial charge in [-0.3, -0.25) is 14.8 Å². The molecule has 3 aromatic rings. The molecule has 126 valence electrons. The molecule has 0 saturated carbocycles. The van der Waals surface area contributed by atoms with E-state index >= 15 is 0 Å². The van der Waals surface area contributed by atoms with Crippen molar-refractivity contribution in [1.29, 1.82) is 0 Å². The summed E-state index contributed by atoms with van der Waals surface area (Å²) in [6.07, 6.45) is 5.13. The first-order valence-corrected chi connectivity index (χ1v) is 7.79. The Bertz CT molecular complexity index is 853. The van der Waals surface area contributed by atoms with Crippen LogP contribution < -0.4 is 15.4 Å². The largest absolute Gasteiger partial charge is 0.495 e. The number of hydrogen-bond donors (Lipinski definition) is 2. The third kappa shape index (κ3) is 4.32. The Balaban J connectivity index is 1.69. The van der Waals surface area contributed by atoms with Crippen LogP contribution in [0.3, 0.4) is 0 Å². The Kier molecular flexibility index (Phi) is 5.21. The van der Waals surface area contributed by atoms with Gasteiger partial charge in [0.2, 0.25) is 0 Å². The van der Waals surface area contributed by atoms with Crippen LogP contribution in [-0.2, 0) is 6.54 Å². The maximum absolute atomic E-state index is 12.4. The van der Waals surface area contributed by atoms with Gasteiger partial charge in [0.15, 0.2) is 0 Å². The van der Waals surface area contributed by atoms with Crippen LogP contribution in [0.15, 0.2) is 67.1 Å². The highest BCUT2D eigenvalue weighted by Crippen LogP contribution is 2.23. The van der Waals surface area contributed by atoms with Gasteiger partial charge in [-0.15, -0.1) is 0 Å². The average Bonchev–Trinajstić information content (AvgIpc) is 2.68. The topological polar surface area (TPSA) is 76.1 Å². The number of rotatable bonds is 6. The van der Waals surface area contributed by atoms with Crippen LogP contribution in [0.4, 0.5) is 11.4 Å². The lowest BCUT2D eigenvalue weighted by Gasteiger charge is -2.10. The van der Waals surface area contributed by atoms with Crippen molar-refractivity contribution < 1.29 is 9.53 Å². The molecular weight excluding hydrogens is 316 g/mol. The number of amides is 1. The van der Waals surface area contributed by atoms with Gasteiger partial charge in [0.1, 0.15) is 11.4 Å². The van der Waals surface area contributed by atoms with Gasteiger partial charge in [-0.2, -0.15) is 0 Å². The van der Waals surface area contributed by atoms with E-state index in [0.29, 0.717) is 23.7 Å². The molecule has 0 saturated heterocycles. The molecule has 0 fully saturated rings. The molecule has 2 N–H and O–H groups in total. The van der Waals surface area contributed by atoms with Crippen molar-refractivity contribution in [3.05, 3.63) is 78.4 Å². The molecule has 1 aromatic carbocycles. The predicted molar refractivity (Wildman–Crippen MR) is 96.7 cm³/mol. The van der Waals surface area contributed by atoms with E-state index in [-0.39, 0.29) is 5.91 Å². The fourth-order valence-corrected chi connectivity index (χ4v) is 2.31. The number of pyridine rings is 2. The van der Waals surface area contributed by atoms with Crippen molar-refractivity contribution in [2.75, 3.05) is 17.7 Å². The summed E-state index contributed by atoms with van der Waals surface area (Å²) >= 11 is 0. The minimum absolute atomic E-state index is 0.297. The zero-order valence-electron chi connectivity index (χ0n) is 13.8. The third-order valence-corrected chi connectivity index (χ3v) is 3.57. The van der Waals surface area contributed by atoms with Crippen LogP contribution in [0.25, 0.3) is 0 Å². The smallest absolute Gasteiger partial charge is 0.274 e. The van der Waals surface area contributed by atoms with E-state index in [1.165, 1.54) is 0 Å². The maximum Gasteiger partial charge on any atom is 0.274 e. The average molecular weight is 334 g/mol. The number of para-hydroxylation sites is 2. The molecule has 0 aliphatic carbocycles. The Labute approximate surface area is 145 Å². The number of hydrogen-bond acceptors (Lipinski definition) is 5. The summed E-state index contributed by atoms with van der Waals surface area (Å²) in [6, 6.07) is 14.6. The van der Waals surface area contributed by atoms with Crippen molar-refractivity contribution in [1.82, 2.24) is 9.97 Å². The minimum atomic E-state index is -0.297. The fourth-order valence-electron chi connectivity index (χ4n) is 2.31. The number of carbonyl (C=O) groups excluding carboxylic acids is 1. The molecule has 3 rings (SSSR count). The van der Waals surface area contributed by atoms with Gasteiger partial charge >= 0.3 is 0 Å². The van der Waals surface area contributed by atoms with Crippen LogP contribution in [0.2, 0.25) is 0 Å². The van der Waals surface area contributed by atoms with Gasteiger partial charge in [0.05, 0.1) is 12.8 Å². The highest BCUT2D eigenvalue weighted by Gasteiger charge is 2.11. The second kappa shape index (κ2) is 7.92. The highest BCUT2D eigenvalue weighted by atomic mass is 16.5. The summed E-state index contributed by atoms with van der Waals surface area (Å²) in [5, 5.41) is 6.07. The predicted octanol–water partition coefficient (Wildman–Crippen LogP) is 3.35. The highest BCUT2D eigenvalue weighted by molar-refractivity contribution is 6.04. The molecule has 0 spiro atoms. The molecule has 0 bridgehead atoms. The second-order valence-corrected chi connectivity index (χ2v) is 5.30. The number of ether oxygens (including phenoxy) is 1. The number of nitrogens with one attached hydrogen (secondary N) is 2. The summed E-state index contributed by atoms with van der Waals surface area (Å²) in [7, 11) is 1.56. The number of anilines is 2. The van der Waals surface area contributed by atoms with Gasteiger partial charge in [0.25, 0.3) is 5.91 Å². The van der Waals surface area contributed by atoms with E-state index in [4.69, 9.17) is 4.74 Å². The molecular formula is C19H18N4O2. The fraction of sp³-hybridized carbons (Fsp3) is 0.105. The first kappa shape index (κ1) is 16.4. The Morgan fingerprint density at radius 3 is 2.80 bits per heavy atom. The van der Waals surface area contributed by atoms with Crippen molar-refractivity contribution in [2.45, 2.75) is 6.54 Å². The van der Waals surface area contributed by atoms with Crippen LogP contribution in [0.5, 0.6) is 5.75 Å². The van der Waals surface area contributed by atoms with E-state index in [1.807, 2.05) is 30.3 Å². The molecule has 2 heterocycles. The van der Waals surface area contributed by atoms with Crippen LogP contribution in [0.1, 0.15) is 16.1 Å². The van der Waals surface area contributed by atoms with E-state index in [2.05, 4.69) is 20.6 Å². The SMILES string of the molecule is COc1ccccc1NC(=O)c1cc(NCc2cccnc2)ccn1. The molecule has 0 aliphatic heterocycles. The number of benzene rings is 1. The van der Waals surface area contributed by atoms with Crippen LogP contribution in [0, 0.1) is 0 Å². The number of nitrogens with zero attached hydrogens (tertiary/aromatic N) is 2. The lowest BCUT2D eigenvalue weighted by atomic mass is 10.2. The summed E-state index contributed by atoms with van der Waals surface area (Å²) in [5.41, 5.74) is 2.79. The van der Waals surface area contributed by atoms with Crippen molar-refractivity contribution in [3.63, 3.8) is 0 Å². The van der Waals surface area contributed by atoms with E-state index in [9.17, 15) is 4.79 Å². The number of carbonyl (C=O) groups is 1. The van der Waals surface area contributed by atoms with Crippen molar-refractivity contribution in [3.8, 4) is 5.75 Å². The standard InChI is InChI=1S/C19H18N4O2/c1-25-18-7-3-2-6-16(18)23-19(24)17-11-15(8-10-21-17)22-13-14-5-4-9-20-12-14/h2-12H,13H2,1H3,(H,21,22)(H,23,24). The number of aromatic nitrogens is 2. The molecule has 0 unspecified atom stereocenters. The first-order chi connectivity index (χ1) is 12.3. The molecule has 2 aromatic heterocycles. The lowest BCUT2D eigenvalue weighted by Crippen LogP contribution is -2.14. The maximum atomic E-state index is 12.4. The summed E-state index contributed by atoms with van der Waals surface area (Å²) in [6.45, 7) is 0.616. The summed E-state index contributed by atoms with van der Waals surface area (Å²) in [4.78, 5) is 20.7. The van der Waals surface area contributed by atoms with Gasteiger partial charge in [0, 0.05) is 30.8 Å². The van der Waals surface area contributed by atoms with Gasteiger partial charge in [-0.05, 0) is 35.9 Å². The van der Waals surface area contributed by atoms with E-state index in [0.717, 1.165) is 11.3 Å². The van der Waals surface area contributed by atoms with Crippen molar-refractivity contribution >= 4 is 17.3 Å². The zero-order valence-corrected chi connectivity index (χ0v) is 13.8. The minimum Gasteiger partial charge on any atom is -0.495 e. The molecule has 1 amide bonds. The molecule has 25 heavy (non-hydrogen) atoms. The number of methoxy groups -OCH3 is 1. The molecule has 6 heteroatoms. The normalized spacial score (nSPS) is 10.1. The Morgan fingerprint density at radius 2 is 2.00 bits per heavy atom. The first-order valence-electron chi connectivity index (χ1n) is 7.79. The third-order valence-electron chi connectivity index (χ3n) is 3.57. The Hall–Kier alpha value is -3.41. The van der Waals surface area contributed by atoms with Gasteiger partial charge in [-0.1, -0.05) is 18.2 Å². The lowest BCUT2D eigenvalue weighted by molar-refractivity contribution is 0.102. The molecule has 0 radical (unpaired) electrons. The summed E-state index contributed by atoms with van der Waals surface area (Å²) in [5.74, 6) is 0.302. The van der Waals surface area contributed by atoms with Gasteiger partial charge in [-0.25, -0.2) is 0 Å².